The van der Waals surface area contributed by atoms with Gasteiger partial charge in [0, 0.05) is 6.54 Å². The molecule has 0 aromatic heterocycles. The quantitative estimate of drug-likeness (QED) is 0.880. The molecule has 0 aliphatic carbocycles. The summed E-state index contributed by atoms with van der Waals surface area (Å²) >= 11 is 0. The van der Waals surface area contributed by atoms with Crippen LogP contribution in [-0.2, 0) is 16.6 Å². The molecule has 0 bridgehead atoms. The Morgan fingerprint density at radius 2 is 1.87 bits per heavy atom. The summed E-state index contributed by atoms with van der Waals surface area (Å²) in [4.78, 5) is 12.3. The number of rotatable bonds is 5. The van der Waals surface area contributed by atoms with Crippen LogP contribution in [0, 0.1) is 12.7 Å². The zero-order valence-corrected chi connectivity index (χ0v) is 13.6. The molecule has 0 aliphatic rings. The van der Waals surface area contributed by atoms with Crippen LogP contribution in [0.3, 0.4) is 0 Å². The number of carbonyl (C=O) groups is 1. The molecule has 0 unspecified atom stereocenters. The lowest BCUT2D eigenvalue weighted by Crippen LogP contribution is -2.25. The van der Waals surface area contributed by atoms with Gasteiger partial charge in [-0.1, -0.05) is 24.3 Å². The van der Waals surface area contributed by atoms with Crippen molar-refractivity contribution in [2.45, 2.75) is 13.5 Å². The fourth-order valence-electron chi connectivity index (χ4n) is 2.07. The molecule has 122 valence electrons. The van der Waals surface area contributed by atoms with E-state index in [-0.39, 0.29) is 17.8 Å². The van der Waals surface area contributed by atoms with E-state index in [1.807, 2.05) is 31.2 Å². The van der Waals surface area contributed by atoms with Crippen molar-refractivity contribution in [3.63, 3.8) is 0 Å². The molecule has 2 aromatic carbocycles. The monoisotopic (exact) mass is 336 g/mol. The molecule has 0 radical (unpaired) electrons. The number of anilines is 1. The van der Waals surface area contributed by atoms with E-state index in [1.54, 1.807) is 0 Å². The van der Waals surface area contributed by atoms with Gasteiger partial charge in [-0.3, -0.25) is 9.52 Å². The van der Waals surface area contributed by atoms with Crippen LogP contribution in [0.2, 0.25) is 0 Å². The molecular weight excluding hydrogens is 319 g/mol. The van der Waals surface area contributed by atoms with Crippen molar-refractivity contribution in [1.82, 2.24) is 5.32 Å². The summed E-state index contributed by atoms with van der Waals surface area (Å²) in [7, 11) is -3.57. The standard InChI is InChI=1S/C16H17FN2O3S/c1-11-5-3-4-6-12(11)10-18-16(20)14-9-13(17)7-8-15(14)19-23(2,21)22/h3-9,19H,10H2,1-2H3,(H,18,20). The third-order valence-electron chi connectivity index (χ3n) is 3.22. The molecule has 2 N–H and O–H groups in total. The van der Waals surface area contributed by atoms with E-state index in [4.69, 9.17) is 0 Å². The maximum Gasteiger partial charge on any atom is 0.253 e. The van der Waals surface area contributed by atoms with Crippen LogP contribution < -0.4 is 10.0 Å². The van der Waals surface area contributed by atoms with Crippen LogP contribution in [0.5, 0.6) is 0 Å². The molecule has 0 fully saturated rings. The molecule has 1 amide bonds. The van der Waals surface area contributed by atoms with Gasteiger partial charge in [-0.15, -0.1) is 0 Å². The summed E-state index contributed by atoms with van der Waals surface area (Å²) in [5.41, 5.74) is 1.91. The number of hydrogen-bond acceptors (Lipinski definition) is 3. The van der Waals surface area contributed by atoms with E-state index in [0.717, 1.165) is 29.5 Å². The van der Waals surface area contributed by atoms with Gasteiger partial charge in [-0.05, 0) is 36.2 Å². The molecule has 23 heavy (non-hydrogen) atoms. The molecule has 0 atom stereocenters. The fourth-order valence-corrected chi connectivity index (χ4v) is 2.65. The van der Waals surface area contributed by atoms with Gasteiger partial charge >= 0.3 is 0 Å². The Morgan fingerprint density at radius 3 is 2.52 bits per heavy atom. The number of halogens is 1. The van der Waals surface area contributed by atoms with Crippen molar-refractivity contribution < 1.29 is 17.6 Å². The summed E-state index contributed by atoms with van der Waals surface area (Å²) in [6, 6.07) is 10.8. The third-order valence-corrected chi connectivity index (χ3v) is 3.81. The second-order valence-electron chi connectivity index (χ2n) is 5.17. The molecule has 7 heteroatoms. The number of sulfonamides is 1. The maximum absolute atomic E-state index is 13.4. The third kappa shape index (κ3) is 4.79. The highest BCUT2D eigenvalue weighted by Gasteiger charge is 2.15. The Balaban J connectivity index is 2.21. The number of amides is 1. The predicted molar refractivity (Wildman–Crippen MR) is 87.2 cm³/mol. The largest absolute Gasteiger partial charge is 0.348 e. The molecule has 0 spiro atoms. The Hall–Kier alpha value is -2.41. The second-order valence-corrected chi connectivity index (χ2v) is 6.92. The molecule has 2 rings (SSSR count). The van der Waals surface area contributed by atoms with Gasteiger partial charge in [0.15, 0.2) is 0 Å². The lowest BCUT2D eigenvalue weighted by molar-refractivity contribution is 0.0951. The smallest absolute Gasteiger partial charge is 0.253 e. The molecule has 5 nitrogen and oxygen atoms in total. The average Bonchev–Trinajstić information content (AvgIpc) is 2.46. The normalized spacial score (nSPS) is 11.1. The first-order valence-electron chi connectivity index (χ1n) is 6.86. The van der Waals surface area contributed by atoms with Gasteiger partial charge in [-0.2, -0.15) is 0 Å². The van der Waals surface area contributed by atoms with Crippen LogP contribution in [-0.4, -0.2) is 20.6 Å². The van der Waals surface area contributed by atoms with Gasteiger partial charge in [0.1, 0.15) is 5.82 Å². The van der Waals surface area contributed by atoms with Crippen molar-refractivity contribution in [3.05, 3.63) is 65.0 Å². The molecular formula is C16H17FN2O3S. The zero-order valence-electron chi connectivity index (χ0n) is 12.8. The number of aryl methyl sites for hydroxylation is 1. The minimum absolute atomic E-state index is 0.0381. The second kappa shape index (κ2) is 6.78. The molecule has 0 heterocycles. The van der Waals surface area contributed by atoms with Crippen LogP contribution in [0.25, 0.3) is 0 Å². The van der Waals surface area contributed by atoms with Crippen LogP contribution >= 0.6 is 0 Å². The molecule has 2 aromatic rings. The number of nitrogens with one attached hydrogen (secondary N) is 2. The van der Waals surface area contributed by atoms with E-state index < -0.39 is 21.7 Å². The molecule has 0 saturated heterocycles. The zero-order chi connectivity index (χ0) is 17.0. The highest BCUT2D eigenvalue weighted by atomic mass is 32.2. The minimum Gasteiger partial charge on any atom is -0.348 e. The van der Waals surface area contributed by atoms with Crippen molar-refractivity contribution in [2.75, 3.05) is 11.0 Å². The highest BCUT2D eigenvalue weighted by molar-refractivity contribution is 7.92. The van der Waals surface area contributed by atoms with Crippen molar-refractivity contribution in [2.24, 2.45) is 0 Å². The van der Waals surface area contributed by atoms with E-state index >= 15 is 0 Å². The summed E-state index contributed by atoms with van der Waals surface area (Å²) < 4.78 is 38.3. The Labute approximate surface area is 134 Å². The maximum atomic E-state index is 13.4. The van der Waals surface area contributed by atoms with Crippen molar-refractivity contribution >= 4 is 21.6 Å². The lowest BCUT2D eigenvalue weighted by Gasteiger charge is -2.12. The van der Waals surface area contributed by atoms with E-state index in [0.29, 0.717) is 0 Å². The number of carbonyl (C=O) groups excluding carboxylic acids is 1. The topological polar surface area (TPSA) is 75.3 Å². The van der Waals surface area contributed by atoms with Crippen LogP contribution in [0.4, 0.5) is 10.1 Å². The van der Waals surface area contributed by atoms with Gasteiger partial charge < -0.3 is 5.32 Å². The first-order valence-corrected chi connectivity index (χ1v) is 8.75. The van der Waals surface area contributed by atoms with Crippen molar-refractivity contribution in [1.29, 1.82) is 0 Å². The summed E-state index contributed by atoms with van der Waals surface area (Å²) in [5, 5.41) is 2.67. The number of benzene rings is 2. The van der Waals surface area contributed by atoms with Gasteiger partial charge in [0.05, 0.1) is 17.5 Å². The SMILES string of the molecule is Cc1ccccc1CNC(=O)c1cc(F)ccc1NS(C)(=O)=O. The summed E-state index contributed by atoms with van der Waals surface area (Å²) in [6.07, 6.45) is 0.964. The average molecular weight is 336 g/mol. The molecule has 0 saturated carbocycles. The van der Waals surface area contributed by atoms with Crippen molar-refractivity contribution in [3.8, 4) is 0 Å². The Kier molecular flexibility index (Phi) is 5.00. The predicted octanol–water partition coefficient (Wildman–Crippen LogP) is 2.44. The minimum atomic E-state index is -3.57. The first-order chi connectivity index (χ1) is 10.8. The fraction of sp³-hybridized carbons (Fsp3) is 0.188. The van der Waals surface area contributed by atoms with E-state index in [1.165, 1.54) is 6.07 Å². The first kappa shape index (κ1) is 17.0. The summed E-state index contributed by atoms with van der Waals surface area (Å²) in [6.45, 7) is 2.18. The molecule has 0 aliphatic heterocycles. The van der Waals surface area contributed by atoms with Crippen LogP contribution in [0.15, 0.2) is 42.5 Å². The number of hydrogen-bond donors (Lipinski definition) is 2. The van der Waals surface area contributed by atoms with Gasteiger partial charge in [-0.25, -0.2) is 12.8 Å². The lowest BCUT2D eigenvalue weighted by atomic mass is 10.1. The van der Waals surface area contributed by atoms with Crippen LogP contribution in [0.1, 0.15) is 21.5 Å². The van der Waals surface area contributed by atoms with E-state index in [2.05, 4.69) is 10.0 Å². The summed E-state index contributed by atoms with van der Waals surface area (Å²) in [5.74, 6) is -1.18. The van der Waals surface area contributed by atoms with E-state index in [9.17, 15) is 17.6 Å². The Bertz CT molecular complexity index is 835. The van der Waals surface area contributed by atoms with Gasteiger partial charge in [0.2, 0.25) is 10.0 Å². The van der Waals surface area contributed by atoms with Gasteiger partial charge in [0.25, 0.3) is 5.91 Å². The Morgan fingerprint density at radius 1 is 1.17 bits per heavy atom. The highest BCUT2D eigenvalue weighted by Crippen LogP contribution is 2.18.